The van der Waals surface area contributed by atoms with Crippen LogP contribution in [0.4, 0.5) is 0 Å². The van der Waals surface area contributed by atoms with Crippen LogP contribution in [0.3, 0.4) is 0 Å². The maximum atomic E-state index is 3.49. The molecule has 0 aliphatic rings. The molecule has 0 nitrogen and oxygen atoms in total. The van der Waals surface area contributed by atoms with Gasteiger partial charge in [-0.15, -0.1) is 0 Å². The third-order valence-corrected chi connectivity index (χ3v) is 2.76. The van der Waals surface area contributed by atoms with Crippen LogP contribution in [-0.2, 0) is 0 Å². The number of hydrogen-bond acceptors (Lipinski definition) is 0. The Labute approximate surface area is 64.5 Å². The molecule has 0 atom stereocenters. The van der Waals surface area contributed by atoms with E-state index in [1.807, 2.05) is 0 Å². The van der Waals surface area contributed by atoms with Crippen LogP contribution < -0.4 is 0 Å². The molecule has 0 spiro atoms. The number of unbranched alkanes of at least 4 members (excludes halogenated alkanes) is 4. The van der Waals surface area contributed by atoms with Gasteiger partial charge in [-0.1, -0.05) is 45.1 Å². The first-order valence-corrected chi connectivity index (χ1v) is 6.52. The molecular weight excluding hydrogens is 140 g/mol. The molecule has 51 valence electrons. The molecule has 9 heavy (non-hydrogen) atoms. The van der Waals surface area contributed by atoms with E-state index in [-0.39, 0.29) is 0 Å². The van der Waals surface area contributed by atoms with Gasteiger partial charge in [0.2, 0.25) is 0 Å². The SMILES string of the molecule is CCCCCCC[Si][Si]. The maximum Gasteiger partial charge on any atom is 0.0180 e. The maximum absolute atomic E-state index is 3.49. The van der Waals surface area contributed by atoms with Gasteiger partial charge in [0.25, 0.3) is 0 Å². The molecule has 0 aromatic rings. The van der Waals surface area contributed by atoms with Crippen LogP contribution >= 0.6 is 0 Å². The predicted molar refractivity (Wildman–Crippen MR) is 45.1 cm³/mol. The van der Waals surface area contributed by atoms with E-state index in [1.165, 1.54) is 38.1 Å². The van der Waals surface area contributed by atoms with Gasteiger partial charge in [0, 0.05) is 18.8 Å². The summed E-state index contributed by atoms with van der Waals surface area (Å²) in [5.74, 6) is 0. The molecule has 5 radical (unpaired) electrons. The monoisotopic (exact) mass is 155 g/mol. The second-order valence-electron chi connectivity index (χ2n) is 2.34. The standard InChI is InChI=1S/C7H15Si2/c1-2-3-4-5-6-7-9-8/h2-7H2,1H3. The normalized spacial score (nSPS) is 10.0. The van der Waals surface area contributed by atoms with E-state index in [1.54, 1.807) is 0 Å². The Balaban J connectivity index is 2.60. The molecule has 2 heteroatoms. The smallest absolute Gasteiger partial charge is 0.0180 e. The first-order chi connectivity index (χ1) is 4.41. The van der Waals surface area contributed by atoms with Crippen molar-refractivity contribution in [2.24, 2.45) is 0 Å². The quantitative estimate of drug-likeness (QED) is 0.407. The van der Waals surface area contributed by atoms with Crippen molar-refractivity contribution < 1.29 is 0 Å². The van der Waals surface area contributed by atoms with E-state index in [2.05, 4.69) is 16.7 Å². The van der Waals surface area contributed by atoms with Gasteiger partial charge in [0.15, 0.2) is 0 Å². The lowest BCUT2D eigenvalue weighted by atomic mass is 10.2. The summed E-state index contributed by atoms with van der Waals surface area (Å²) in [7, 11) is 4.46. The van der Waals surface area contributed by atoms with Gasteiger partial charge in [-0.05, 0) is 0 Å². The Morgan fingerprint density at radius 2 is 1.78 bits per heavy atom. The largest absolute Gasteiger partial charge is 0.0654 e. The molecule has 0 amide bonds. The van der Waals surface area contributed by atoms with Crippen LogP contribution in [0.15, 0.2) is 0 Å². The summed E-state index contributed by atoms with van der Waals surface area (Å²) in [6.45, 7) is 2.26. The van der Waals surface area contributed by atoms with Crippen molar-refractivity contribution >= 4 is 18.8 Å². The van der Waals surface area contributed by atoms with Crippen LogP contribution in [-0.4, -0.2) is 18.8 Å². The van der Waals surface area contributed by atoms with Crippen LogP contribution in [0.25, 0.3) is 0 Å². The molecule has 0 aliphatic carbocycles. The van der Waals surface area contributed by atoms with Gasteiger partial charge in [0.05, 0.1) is 0 Å². The van der Waals surface area contributed by atoms with Gasteiger partial charge in [-0.25, -0.2) is 0 Å². The minimum Gasteiger partial charge on any atom is -0.0654 e. The van der Waals surface area contributed by atoms with Crippen LogP contribution in [0, 0.1) is 0 Å². The zero-order chi connectivity index (χ0) is 6.95. The average molecular weight is 155 g/mol. The van der Waals surface area contributed by atoms with Crippen LogP contribution in [0.5, 0.6) is 0 Å². The first kappa shape index (κ1) is 9.43. The molecular formula is C7H15Si2. The van der Waals surface area contributed by atoms with Gasteiger partial charge in [-0.3, -0.25) is 0 Å². The summed E-state index contributed by atoms with van der Waals surface area (Å²) in [4.78, 5) is 0. The molecule has 0 saturated carbocycles. The molecule has 0 fully saturated rings. The van der Waals surface area contributed by atoms with E-state index < -0.39 is 0 Å². The van der Waals surface area contributed by atoms with E-state index >= 15 is 0 Å². The fourth-order valence-electron chi connectivity index (χ4n) is 0.817. The summed E-state index contributed by atoms with van der Waals surface area (Å²) >= 11 is 0. The van der Waals surface area contributed by atoms with Gasteiger partial charge in [-0.2, -0.15) is 0 Å². The van der Waals surface area contributed by atoms with Gasteiger partial charge >= 0.3 is 0 Å². The van der Waals surface area contributed by atoms with Crippen molar-refractivity contribution in [1.29, 1.82) is 0 Å². The molecule has 0 aromatic carbocycles. The van der Waals surface area contributed by atoms with Crippen molar-refractivity contribution in [1.82, 2.24) is 0 Å². The molecule has 0 rings (SSSR count). The fourth-order valence-corrected chi connectivity index (χ4v) is 1.77. The lowest BCUT2D eigenvalue weighted by Gasteiger charge is -1.95. The topological polar surface area (TPSA) is 0 Å². The summed E-state index contributed by atoms with van der Waals surface area (Å²) in [6.07, 6.45) is 7.07. The molecule has 0 heterocycles. The highest BCUT2D eigenvalue weighted by atomic mass is 29.1. The van der Waals surface area contributed by atoms with Crippen molar-refractivity contribution in [3.63, 3.8) is 0 Å². The molecule has 0 unspecified atom stereocenters. The molecule has 0 saturated heterocycles. The van der Waals surface area contributed by atoms with Crippen molar-refractivity contribution in [3.05, 3.63) is 0 Å². The highest BCUT2D eigenvalue weighted by Crippen LogP contribution is 2.03. The molecule has 0 bridgehead atoms. The Kier molecular flexibility index (Phi) is 8.84. The van der Waals surface area contributed by atoms with E-state index in [0.29, 0.717) is 0 Å². The van der Waals surface area contributed by atoms with E-state index in [9.17, 15) is 0 Å². The van der Waals surface area contributed by atoms with Crippen molar-refractivity contribution in [3.8, 4) is 0 Å². The Morgan fingerprint density at radius 3 is 2.33 bits per heavy atom. The van der Waals surface area contributed by atoms with Gasteiger partial charge in [0.1, 0.15) is 0 Å². The van der Waals surface area contributed by atoms with E-state index in [4.69, 9.17) is 0 Å². The summed E-state index contributed by atoms with van der Waals surface area (Å²) in [6, 6.07) is 1.38. The summed E-state index contributed by atoms with van der Waals surface area (Å²) in [5.41, 5.74) is 0. The fraction of sp³-hybridized carbons (Fsp3) is 1.00. The van der Waals surface area contributed by atoms with E-state index in [0.717, 1.165) is 9.04 Å². The van der Waals surface area contributed by atoms with Gasteiger partial charge < -0.3 is 0 Å². The van der Waals surface area contributed by atoms with Crippen molar-refractivity contribution in [2.45, 2.75) is 45.1 Å². The zero-order valence-electron chi connectivity index (χ0n) is 6.24. The Hall–Kier alpha value is 0.434. The Bertz CT molecular complexity index is 40.2. The molecule has 0 aliphatic heterocycles. The predicted octanol–water partition coefficient (Wildman–Crippen LogP) is 2.16. The second-order valence-corrected chi connectivity index (χ2v) is 4.26. The lowest BCUT2D eigenvalue weighted by Crippen LogP contribution is -1.86. The number of rotatable bonds is 6. The highest BCUT2D eigenvalue weighted by molar-refractivity contribution is 6.89. The lowest BCUT2D eigenvalue weighted by molar-refractivity contribution is 0.656. The third-order valence-electron chi connectivity index (χ3n) is 1.41. The minimum atomic E-state index is 0.975. The van der Waals surface area contributed by atoms with Crippen LogP contribution in [0.1, 0.15) is 39.0 Å². The molecule has 0 N–H and O–H groups in total. The second kappa shape index (κ2) is 8.43. The van der Waals surface area contributed by atoms with Crippen molar-refractivity contribution in [2.75, 3.05) is 0 Å². The average Bonchev–Trinajstić information content (AvgIpc) is 1.89. The zero-order valence-corrected chi connectivity index (χ0v) is 8.24. The van der Waals surface area contributed by atoms with Crippen LogP contribution in [0.2, 0.25) is 6.04 Å². The Morgan fingerprint density at radius 1 is 1.11 bits per heavy atom. The first-order valence-electron chi connectivity index (χ1n) is 3.81. The molecule has 0 aromatic heterocycles. The third kappa shape index (κ3) is 8.43. The number of hydrogen-bond donors (Lipinski definition) is 0. The minimum absolute atomic E-state index is 0.975. The summed E-state index contributed by atoms with van der Waals surface area (Å²) < 4.78 is 0. The summed E-state index contributed by atoms with van der Waals surface area (Å²) in [5, 5.41) is 0. The highest BCUT2D eigenvalue weighted by Gasteiger charge is 1.86.